The fourth-order valence-corrected chi connectivity index (χ4v) is 3.68. The van der Waals surface area contributed by atoms with E-state index in [1.165, 1.54) is 17.4 Å². The van der Waals surface area contributed by atoms with Crippen LogP contribution in [0.3, 0.4) is 0 Å². The lowest BCUT2D eigenvalue weighted by atomic mass is 10.1. The molecular weight excluding hydrogens is 426 g/mol. The van der Waals surface area contributed by atoms with E-state index in [4.69, 9.17) is 14.6 Å². The molecular formula is C23H21N5O3S. The largest absolute Gasteiger partial charge is 0.493 e. The summed E-state index contributed by atoms with van der Waals surface area (Å²) >= 11 is 1.32. The van der Waals surface area contributed by atoms with E-state index < -0.39 is 0 Å². The maximum absolute atomic E-state index is 12.4. The van der Waals surface area contributed by atoms with E-state index in [2.05, 4.69) is 15.5 Å². The van der Waals surface area contributed by atoms with Crippen molar-refractivity contribution < 1.29 is 14.3 Å². The molecule has 0 saturated heterocycles. The van der Waals surface area contributed by atoms with E-state index in [9.17, 15) is 4.79 Å². The normalized spacial score (nSPS) is 11.0. The van der Waals surface area contributed by atoms with Gasteiger partial charge in [0.1, 0.15) is 10.7 Å². The van der Waals surface area contributed by atoms with Gasteiger partial charge in [0.05, 0.1) is 19.9 Å². The van der Waals surface area contributed by atoms with E-state index in [0.29, 0.717) is 22.3 Å². The number of benzene rings is 2. The quantitative estimate of drug-likeness (QED) is 0.423. The van der Waals surface area contributed by atoms with Crippen molar-refractivity contribution in [2.45, 2.75) is 6.92 Å². The summed E-state index contributed by atoms with van der Waals surface area (Å²) in [5, 5.41) is 16.5. The lowest BCUT2D eigenvalue weighted by Gasteiger charge is -2.09. The zero-order valence-electron chi connectivity index (χ0n) is 17.8. The predicted molar refractivity (Wildman–Crippen MR) is 124 cm³/mol. The number of carbonyl (C=O) groups excluding carboxylic acids is 1. The van der Waals surface area contributed by atoms with Crippen LogP contribution in [-0.2, 0) is 4.79 Å². The van der Waals surface area contributed by atoms with Gasteiger partial charge in [0.15, 0.2) is 11.5 Å². The molecule has 1 N–H and O–H groups in total. The van der Waals surface area contributed by atoms with Gasteiger partial charge >= 0.3 is 0 Å². The SMILES string of the molecule is COc1ccc(-c2nn(-c3ccccc3)cc2/C=C/C(=O)Nc2nnc(C)s2)cc1OC. The molecule has 32 heavy (non-hydrogen) atoms. The third-order valence-electron chi connectivity index (χ3n) is 4.59. The maximum atomic E-state index is 12.4. The number of anilines is 1. The highest BCUT2D eigenvalue weighted by atomic mass is 32.1. The van der Waals surface area contributed by atoms with E-state index in [-0.39, 0.29) is 5.91 Å². The second kappa shape index (κ2) is 9.44. The van der Waals surface area contributed by atoms with Crippen LogP contribution in [0.1, 0.15) is 10.6 Å². The van der Waals surface area contributed by atoms with Crippen LogP contribution in [-0.4, -0.2) is 40.1 Å². The first-order valence-electron chi connectivity index (χ1n) is 9.74. The molecule has 0 spiro atoms. The number of aromatic nitrogens is 4. The Balaban J connectivity index is 1.70. The Labute approximate surface area is 189 Å². The third kappa shape index (κ3) is 4.68. The zero-order chi connectivity index (χ0) is 22.5. The van der Waals surface area contributed by atoms with Crippen molar-refractivity contribution in [3.8, 4) is 28.4 Å². The number of aryl methyl sites for hydroxylation is 1. The molecule has 0 aliphatic carbocycles. The predicted octanol–water partition coefficient (Wildman–Crippen LogP) is 4.37. The molecule has 8 nitrogen and oxygen atoms in total. The number of hydrogen-bond donors (Lipinski definition) is 1. The Morgan fingerprint density at radius 1 is 1.06 bits per heavy atom. The summed E-state index contributed by atoms with van der Waals surface area (Å²) in [5.41, 5.74) is 3.20. The number of para-hydroxylation sites is 1. The Bertz CT molecular complexity index is 1260. The van der Waals surface area contributed by atoms with Crippen LogP contribution in [0.4, 0.5) is 5.13 Å². The van der Waals surface area contributed by atoms with Crippen LogP contribution in [0.15, 0.2) is 60.8 Å². The van der Waals surface area contributed by atoms with Gasteiger partial charge in [0.25, 0.3) is 0 Å². The minimum Gasteiger partial charge on any atom is -0.493 e. The number of hydrogen-bond acceptors (Lipinski definition) is 7. The van der Waals surface area contributed by atoms with Crippen molar-refractivity contribution in [1.82, 2.24) is 20.0 Å². The summed E-state index contributed by atoms with van der Waals surface area (Å²) < 4.78 is 12.6. The molecule has 0 fully saturated rings. The van der Waals surface area contributed by atoms with Gasteiger partial charge < -0.3 is 9.47 Å². The number of nitrogens with zero attached hydrogens (tertiary/aromatic N) is 4. The Morgan fingerprint density at radius 2 is 1.84 bits per heavy atom. The van der Waals surface area contributed by atoms with Crippen LogP contribution in [0.5, 0.6) is 11.5 Å². The number of rotatable bonds is 7. The standard InChI is InChI=1S/C23H21N5O3S/c1-15-25-26-23(32-15)24-21(29)12-10-17-14-28(18-7-5-4-6-8-18)27-22(17)16-9-11-19(30-2)20(13-16)31-3/h4-14H,1-3H3,(H,24,26,29)/b12-10+. The smallest absolute Gasteiger partial charge is 0.250 e. The van der Waals surface area contributed by atoms with Crippen molar-refractivity contribution in [3.05, 3.63) is 71.4 Å². The Kier molecular flexibility index (Phi) is 6.27. The van der Waals surface area contributed by atoms with E-state index >= 15 is 0 Å². The van der Waals surface area contributed by atoms with E-state index in [1.807, 2.05) is 61.7 Å². The summed E-state index contributed by atoms with van der Waals surface area (Å²) in [4.78, 5) is 12.4. The molecule has 2 aromatic heterocycles. The molecule has 0 bridgehead atoms. The summed E-state index contributed by atoms with van der Waals surface area (Å²) in [7, 11) is 3.18. The van der Waals surface area contributed by atoms with Gasteiger partial charge in [-0.2, -0.15) is 5.10 Å². The van der Waals surface area contributed by atoms with Crippen molar-refractivity contribution in [2.75, 3.05) is 19.5 Å². The number of ether oxygens (including phenoxy) is 2. The van der Waals surface area contributed by atoms with Crippen LogP contribution in [0, 0.1) is 6.92 Å². The molecule has 0 atom stereocenters. The third-order valence-corrected chi connectivity index (χ3v) is 5.34. The molecule has 1 amide bonds. The molecule has 2 aromatic carbocycles. The Morgan fingerprint density at radius 3 is 2.53 bits per heavy atom. The first-order chi connectivity index (χ1) is 15.6. The number of amides is 1. The maximum Gasteiger partial charge on any atom is 0.250 e. The highest BCUT2D eigenvalue weighted by molar-refractivity contribution is 7.15. The van der Waals surface area contributed by atoms with Gasteiger partial charge in [0, 0.05) is 23.4 Å². The summed E-state index contributed by atoms with van der Waals surface area (Å²) in [6.45, 7) is 1.83. The summed E-state index contributed by atoms with van der Waals surface area (Å²) in [5.74, 6) is 0.924. The van der Waals surface area contributed by atoms with Crippen LogP contribution >= 0.6 is 11.3 Å². The zero-order valence-corrected chi connectivity index (χ0v) is 18.6. The Hall–Kier alpha value is -3.98. The molecule has 4 aromatic rings. The highest BCUT2D eigenvalue weighted by Crippen LogP contribution is 2.33. The molecule has 0 aliphatic rings. The van der Waals surface area contributed by atoms with Gasteiger partial charge in [-0.25, -0.2) is 4.68 Å². The second-order valence-electron chi connectivity index (χ2n) is 6.73. The van der Waals surface area contributed by atoms with Crippen molar-refractivity contribution in [1.29, 1.82) is 0 Å². The lowest BCUT2D eigenvalue weighted by Crippen LogP contribution is -2.07. The first-order valence-corrected chi connectivity index (χ1v) is 10.6. The van der Waals surface area contributed by atoms with Crippen LogP contribution in [0.2, 0.25) is 0 Å². The topological polar surface area (TPSA) is 91.2 Å². The van der Waals surface area contributed by atoms with Gasteiger partial charge in [-0.15, -0.1) is 10.2 Å². The van der Waals surface area contributed by atoms with Crippen molar-refractivity contribution in [3.63, 3.8) is 0 Å². The van der Waals surface area contributed by atoms with Crippen molar-refractivity contribution in [2.24, 2.45) is 0 Å². The second-order valence-corrected chi connectivity index (χ2v) is 7.91. The fourth-order valence-electron chi connectivity index (χ4n) is 3.09. The van der Waals surface area contributed by atoms with E-state index in [1.54, 1.807) is 25.0 Å². The minimum atomic E-state index is -0.299. The molecule has 0 unspecified atom stereocenters. The molecule has 4 rings (SSSR count). The summed E-state index contributed by atoms with van der Waals surface area (Å²) in [6.07, 6.45) is 5.05. The number of carbonyl (C=O) groups is 1. The van der Waals surface area contributed by atoms with Gasteiger partial charge in [-0.1, -0.05) is 29.5 Å². The molecule has 9 heteroatoms. The molecule has 162 valence electrons. The highest BCUT2D eigenvalue weighted by Gasteiger charge is 2.14. The van der Waals surface area contributed by atoms with Crippen LogP contribution < -0.4 is 14.8 Å². The monoisotopic (exact) mass is 447 g/mol. The molecule has 0 radical (unpaired) electrons. The van der Waals surface area contributed by atoms with Gasteiger partial charge in [-0.3, -0.25) is 10.1 Å². The lowest BCUT2D eigenvalue weighted by molar-refractivity contribution is -0.111. The molecule has 0 aliphatic heterocycles. The summed E-state index contributed by atoms with van der Waals surface area (Å²) in [6, 6.07) is 15.3. The average Bonchev–Trinajstić information content (AvgIpc) is 3.43. The fraction of sp³-hybridized carbons (Fsp3) is 0.130. The van der Waals surface area contributed by atoms with Crippen molar-refractivity contribution >= 4 is 28.5 Å². The molecule has 0 saturated carbocycles. The number of nitrogens with one attached hydrogen (secondary N) is 1. The average molecular weight is 448 g/mol. The van der Waals surface area contributed by atoms with Gasteiger partial charge in [-0.05, 0) is 43.3 Å². The molecule has 2 heterocycles. The minimum absolute atomic E-state index is 0.299. The van der Waals surface area contributed by atoms with E-state index in [0.717, 1.165) is 21.8 Å². The van der Waals surface area contributed by atoms with Gasteiger partial charge in [0.2, 0.25) is 11.0 Å². The first kappa shape index (κ1) is 21.3. The number of methoxy groups -OCH3 is 2. The van der Waals surface area contributed by atoms with Crippen LogP contribution in [0.25, 0.3) is 23.0 Å².